The number of hydrogen-bond acceptors (Lipinski definition) is 2. The molecule has 1 aliphatic heterocycles. The second kappa shape index (κ2) is 8.35. The highest BCUT2D eigenvalue weighted by Gasteiger charge is 2.37. The Morgan fingerprint density at radius 1 is 1.10 bits per heavy atom. The van der Waals surface area contributed by atoms with Gasteiger partial charge in [0, 0.05) is 41.2 Å². The molecule has 0 unspecified atom stereocenters. The molecule has 1 aliphatic carbocycles. The van der Waals surface area contributed by atoms with Gasteiger partial charge in [0.05, 0.1) is 0 Å². The fraction of sp³-hybridized carbons (Fsp3) is 0.571. The Morgan fingerprint density at radius 2 is 1.75 bits per heavy atom. The van der Waals surface area contributed by atoms with Crippen molar-refractivity contribution in [2.75, 3.05) is 26.2 Å². The number of benzene rings is 1. The maximum atomic E-state index is 3.73. The molecule has 6 heteroatoms. The van der Waals surface area contributed by atoms with Crippen LogP contribution >= 0.6 is 56.7 Å². The minimum Gasteiger partial charge on any atom is -0.314 e. The summed E-state index contributed by atoms with van der Waals surface area (Å²) in [4.78, 5) is 2.65. The molecule has 2 aliphatic rings. The van der Waals surface area contributed by atoms with Gasteiger partial charge in [-0.25, -0.2) is 0 Å². The van der Waals surface area contributed by atoms with Gasteiger partial charge < -0.3 is 5.32 Å². The van der Waals surface area contributed by atoms with Crippen molar-refractivity contribution in [3.05, 3.63) is 32.7 Å². The summed E-state index contributed by atoms with van der Waals surface area (Å²) >= 11 is 7.34. The highest BCUT2D eigenvalue weighted by atomic mass is 79.9. The molecule has 3 rings (SSSR count). The molecule has 1 atom stereocenters. The number of piperazine rings is 1. The summed E-state index contributed by atoms with van der Waals surface area (Å²) in [6.07, 6.45) is 2.76. The second-order valence-corrected chi connectivity index (χ2v) is 7.00. The molecule has 2 fully saturated rings. The van der Waals surface area contributed by atoms with Gasteiger partial charge in [0.2, 0.25) is 0 Å². The van der Waals surface area contributed by atoms with Crippen molar-refractivity contribution in [1.82, 2.24) is 10.2 Å². The Kier molecular flexibility index (Phi) is 7.82. The SMILES string of the molecule is Brc1ccc(Br)c([C@H](C2CC2)N2CCNCC2)c1.Cl.Cl. The minimum absolute atomic E-state index is 0. The fourth-order valence-corrected chi connectivity index (χ4v) is 3.72. The van der Waals surface area contributed by atoms with E-state index in [4.69, 9.17) is 0 Å². The van der Waals surface area contributed by atoms with E-state index in [0.29, 0.717) is 6.04 Å². The molecule has 1 aromatic rings. The van der Waals surface area contributed by atoms with Crippen LogP contribution < -0.4 is 5.32 Å². The van der Waals surface area contributed by atoms with Crippen LogP contribution in [0.5, 0.6) is 0 Å². The number of nitrogens with one attached hydrogen (secondary N) is 1. The van der Waals surface area contributed by atoms with Crippen LogP contribution in [0.4, 0.5) is 0 Å². The summed E-state index contributed by atoms with van der Waals surface area (Å²) in [5.41, 5.74) is 1.45. The van der Waals surface area contributed by atoms with E-state index in [1.165, 1.54) is 40.4 Å². The maximum absolute atomic E-state index is 3.73. The molecule has 0 aromatic heterocycles. The van der Waals surface area contributed by atoms with E-state index in [9.17, 15) is 0 Å². The maximum Gasteiger partial charge on any atom is 0.0388 e. The first-order chi connectivity index (χ1) is 8.75. The first kappa shape index (κ1) is 18.7. The lowest BCUT2D eigenvalue weighted by atomic mass is 10.00. The lowest BCUT2D eigenvalue weighted by Crippen LogP contribution is -2.45. The van der Waals surface area contributed by atoms with Crippen molar-refractivity contribution >= 4 is 56.7 Å². The molecule has 1 saturated carbocycles. The summed E-state index contributed by atoms with van der Waals surface area (Å²) in [5.74, 6) is 0.855. The van der Waals surface area contributed by atoms with Crippen LogP contribution in [-0.2, 0) is 0 Å². The van der Waals surface area contributed by atoms with Crippen molar-refractivity contribution in [3.63, 3.8) is 0 Å². The third-order valence-electron chi connectivity index (χ3n) is 3.89. The molecule has 114 valence electrons. The van der Waals surface area contributed by atoms with E-state index in [-0.39, 0.29) is 24.8 Å². The predicted octanol–water partition coefficient (Wildman–Crippen LogP) is 4.41. The lowest BCUT2D eigenvalue weighted by Gasteiger charge is -2.36. The van der Waals surface area contributed by atoms with Crippen molar-refractivity contribution in [1.29, 1.82) is 0 Å². The van der Waals surface area contributed by atoms with Crippen molar-refractivity contribution < 1.29 is 0 Å². The van der Waals surface area contributed by atoms with E-state index in [2.05, 4.69) is 60.3 Å². The van der Waals surface area contributed by atoms with Crippen molar-refractivity contribution in [3.8, 4) is 0 Å². The molecule has 2 nitrogen and oxygen atoms in total. The Morgan fingerprint density at radius 3 is 2.35 bits per heavy atom. The van der Waals surface area contributed by atoms with Crippen LogP contribution in [0.15, 0.2) is 27.1 Å². The van der Waals surface area contributed by atoms with Gasteiger partial charge in [0.15, 0.2) is 0 Å². The molecule has 1 N–H and O–H groups in total. The minimum atomic E-state index is 0. The molecule has 0 bridgehead atoms. The molecule has 20 heavy (non-hydrogen) atoms. The highest BCUT2D eigenvalue weighted by molar-refractivity contribution is 9.11. The van der Waals surface area contributed by atoms with Crippen LogP contribution in [0.1, 0.15) is 24.4 Å². The van der Waals surface area contributed by atoms with Crippen LogP contribution in [-0.4, -0.2) is 31.1 Å². The Labute approximate surface area is 150 Å². The van der Waals surface area contributed by atoms with Crippen LogP contribution in [0.3, 0.4) is 0 Å². The fourth-order valence-electron chi connectivity index (χ4n) is 2.86. The van der Waals surface area contributed by atoms with E-state index in [1.807, 2.05) is 0 Å². The molecule has 1 aromatic carbocycles. The summed E-state index contributed by atoms with van der Waals surface area (Å²) in [5, 5.41) is 3.44. The Balaban J connectivity index is 0.000001000. The van der Waals surface area contributed by atoms with E-state index < -0.39 is 0 Å². The standard InChI is InChI=1S/C14H18Br2N2.2ClH/c15-11-3-4-13(16)12(9-11)14(10-1-2-10)18-7-5-17-6-8-18;;/h3-4,9-10,14,17H,1-2,5-8H2;2*1H/t14-;;/m0../s1. The van der Waals surface area contributed by atoms with Gasteiger partial charge in [0.1, 0.15) is 0 Å². The highest BCUT2D eigenvalue weighted by Crippen LogP contribution is 2.46. The van der Waals surface area contributed by atoms with Gasteiger partial charge in [-0.1, -0.05) is 31.9 Å². The average molecular weight is 447 g/mol. The molecule has 1 saturated heterocycles. The zero-order valence-corrected chi connectivity index (χ0v) is 16.0. The number of halogens is 4. The van der Waals surface area contributed by atoms with Gasteiger partial charge in [-0.05, 0) is 42.5 Å². The summed E-state index contributed by atoms with van der Waals surface area (Å²) in [6.45, 7) is 4.57. The van der Waals surface area contributed by atoms with Gasteiger partial charge in [-0.15, -0.1) is 24.8 Å². The number of hydrogen-bond donors (Lipinski definition) is 1. The molecule has 0 spiro atoms. The Bertz CT molecular complexity index is 435. The second-order valence-electron chi connectivity index (χ2n) is 5.23. The van der Waals surface area contributed by atoms with Crippen LogP contribution in [0.25, 0.3) is 0 Å². The first-order valence-electron chi connectivity index (χ1n) is 6.65. The zero-order valence-electron chi connectivity index (χ0n) is 11.1. The normalized spacial score (nSPS) is 20.7. The predicted molar refractivity (Wildman–Crippen MR) is 96.2 cm³/mol. The molecular formula is C14H20Br2Cl2N2. The quantitative estimate of drug-likeness (QED) is 0.739. The topological polar surface area (TPSA) is 15.3 Å². The lowest BCUT2D eigenvalue weighted by molar-refractivity contribution is 0.155. The van der Waals surface area contributed by atoms with Crippen molar-refractivity contribution in [2.45, 2.75) is 18.9 Å². The third-order valence-corrected chi connectivity index (χ3v) is 5.11. The molecule has 0 amide bonds. The van der Waals surface area contributed by atoms with E-state index >= 15 is 0 Å². The van der Waals surface area contributed by atoms with Gasteiger partial charge >= 0.3 is 0 Å². The number of rotatable bonds is 3. The largest absolute Gasteiger partial charge is 0.314 e. The monoisotopic (exact) mass is 444 g/mol. The smallest absolute Gasteiger partial charge is 0.0388 e. The molecule has 0 radical (unpaired) electrons. The first-order valence-corrected chi connectivity index (χ1v) is 8.24. The summed E-state index contributed by atoms with van der Waals surface area (Å²) < 4.78 is 2.43. The molecule has 1 heterocycles. The summed E-state index contributed by atoms with van der Waals surface area (Å²) in [6, 6.07) is 7.15. The average Bonchev–Trinajstić information content (AvgIpc) is 3.20. The third kappa shape index (κ3) is 4.34. The zero-order chi connectivity index (χ0) is 12.5. The van der Waals surface area contributed by atoms with Gasteiger partial charge in [-0.2, -0.15) is 0 Å². The van der Waals surface area contributed by atoms with Crippen molar-refractivity contribution in [2.24, 2.45) is 5.92 Å². The molecular weight excluding hydrogens is 427 g/mol. The van der Waals surface area contributed by atoms with E-state index in [0.717, 1.165) is 19.0 Å². The summed E-state index contributed by atoms with van der Waals surface area (Å²) in [7, 11) is 0. The van der Waals surface area contributed by atoms with Crippen LogP contribution in [0.2, 0.25) is 0 Å². The van der Waals surface area contributed by atoms with Gasteiger partial charge in [0.25, 0.3) is 0 Å². The van der Waals surface area contributed by atoms with Crippen LogP contribution in [0, 0.1) is 5.92 Å². The number of nitrogens with zero attached hydrogens (tertiary/aromatic N) is 1. The van der Waals surface area contributed by atoms with Gasteiger partial charge in [-0.3, -0.25) is 4.90 Å². The van der Waals surface area contributed by atoms with E-state index in [1.54, 1.807) is 0 Å². The Hall–Kier alpha value is 0.680.